The average Bonchev–Trinajstić information content (AvgIpc) is 3.31. The Balaban J connectivity index is 1.45. The molecule has 2 heterocycles. The first-order valence-electron chi connectivity index (χ1n) is 8.89. The van der Waals surface area contributed by atoms with Crippen LogP contribution in [0.3, 0.4) is 0 Å². The third-order valence-corrected chi connectivity index (χ3v) is 6.39. The van der Waals surface area contributed by atoms with E-state index < -0.39 is 0 Å². The van der Waals surface area contributed by atoms with Crippen molar-refractivity contribution in [3.05, 3.63) is 51.9 Å². The largest absolute Gasteiger partial charge is 0.315 e. The van der Waals surface area contributed by atoms with Crippen LogP contribution in [-0.2, 0) is 17.6 Å². The molecule has 1 amide bonds. The number of likely N-dealkylation sites (tertiary alicyclic amines) is 1. The summed E-state index contributed by atoms with van der Waals surface area (Å²) in [6, 6.07) is 13.0. The molecule has 128 valence electrons. The van der Waals surface area contributed by atoms with Crippen molar-refractivity contribution < 1.29 is 4.79 Å². The van der Waals surface area contributed by atoms with Gasteiger partial charge in [-0.2, -0.15) is 5.26 Å². The van der Waals surface area contributed by atoms with Crippen LogP contribution in [0.4, 0.5) is 5.00 Å². The number of thiophene rings is 1. The molecule has 2 aromatic rings. The van der Waals surface area contributed by atoms with E-state index in [0.717, 1.165) is 49.2 Å². The Morgan fingerprint density at radius 2 is 2.12 bits per heavy atom. The summed E-state index contributed by atoms with van der Waals surface area (Å²) < 4.78 is 0. The van der Waals surface area contributed by atoms with Gasteiger partial charge in [0.2, 0.25) is 5.91 Å². The molecule has 1 aliphatic heterocycles. The van der Waals surface area contributed by atoms with Gasteiger partial charge in [-0.1, -0.05) is 30.3 Å². The van der Waals surface area contributed by atoms with Crippen LogP contribution in [0.25, 0.3) is 0 Å². The summed E-state index contributed by atoms with van der Waals surface area (Å²) in [5.41, 5.74) is 3.12. The van der Waals surface area contributed by atoms with Gasteiger partial charge in [0.15, 0.2) is 0 Å². The van der Waals surface area contributed by atoms with E-state index in [-0.39, 0.29) is 5.91 Å². The zero-order valence-corrected chi connectivity index (χ0v) is 14.9. The quantitative estimate of drug-likeness (QED) is 0.909. The molecule has 2 aliphatic rings. The van der Waals surface area contributed by atoms with Gasteiger partial charge in [0.1, 0.15) is 11.1 Å². The van der Waals surface area contributed by atoms with Gasteiger partial charge in [-0.05, 0) is 49.8 Å². The lowest BCUT2D eigenvalue weighted by molar-refractivity contribution is -0.117. The molecule has 4 nitrogen and oxygen atoms in total. The maximum absolute atomic E-state index is 12.6. The number of hydrogen-bond acceptors (Lipinski definition) is 4. The second-order valence-corrected chi connectivity index (χ2v) is 7.87. The fraction of sp³-hybridized carbons (Fsp3) is 0.400. The third-order valence-electron chi connectivity index (χ3n) is 5.18. The van der Waals surface area contributed by atoms with Crippen molar-refractivity contribution in [1.29, 1.82) is 5.26 Å². The summed E-state index contributed by atoms with van der Waals surface area (Å²) >= 11 is 1.58. The molecular formula is C20H21N3OS. The Morgan fingerprint density at radius 1 is 1.28 bits per heavy atom. The van der Waals surface area contributed by atoms with Crippen molar-refractivity contribution in [2.24, 2.45) is 0 Å². The number of amides is 1. The summed E-state index contributed by atoms with van der Waals surface area (Å²) in [6.45, 7) is 1.33. The molecule has 1 fully saturated rings. The van der Waals surface area contributed by atoms with Gasteiger partial charge in [0.05, 0.1) is 12.1 Å². The van der Waals surface area contributed by atoms with Gasteiger partial charge >= 0.3 is 0 Å². The number of benzene rings is 1. The lowest BCUT2D eigenvalue weighted by Crippen LogP contribution is -2.32. The van der Waals surface area contributed by atoms with E-state index in [2.05, 4.69) is 40.6 Å². The van der Waals surface area contributed by atoms with Crippen molar-refractivity contribution in [1.82, 2.24) is 4.90 Å². The Morgan fingerprint density at radius 3 is 2.92 bits per heavy atom. The molecule has 1 aromatic carbocycles. The van der Waals surface area contributed by atoms with Gasteiger partial charge in [-0.15, -0.1) is 11.3 Å². The number of aryl methyl sites for hydroxylation is 1. The van der Waals surface area contributed by atoms with Gasteiger partial charge < -0.3 is 5.32 Å². The highest BCUT2D eigenvalue weighted by molar-refractivity contribution is 7.16. The topological polar surface area (TPSA) is 56.1 Å². The fourth-order valence-corrected chi connectivity index (χ4v) is 5.29. The minimum Gasteiger partial charge on any atom is -0.315 e. The minimum absolute atomic E-state index is 0.0146. The van der Waals surface area contributed by atoms with Gasteiger partial charge in [-0.3, -0.25) is 9.69 Å². The maximum Gasteiger partial charge on any atom is 0.239 e. The highest BCUT2D eigenvalue weighted by Gasteiger charge is 2.28. The lowest BCUT2D eigenvalue weighted by Gasteiger charge is -2.24. The van der Waals surface area contributed by atoms with E-state index in [1.54, 1.807) is 11.3 Å². The van der Waals surface area contributed by atoms with Crippen LogP contribution >= 0.6 is 11.3 Å². The Labute approximate surface area is 152 Å². The van der Waals surface area contributed by atoms with Crippen molar-refractivity contribution in [2.75, 3.05) is 18.4 Å². The van der Waals surface area contributed by atoms with E-state index >= 15 is 0 Å². The Kier molecular flexibility index (Phi) is 4.56. The summed E-state index contributed by atoms with van der Waals surface area (Å²) in [5.74, 6) is -0.0146. The molecule has 0 bridgehead atoms. The predicted molar refractivity (Wildman–Crippen MR) is 99.7 cm³/mol. The molecule has 1 N–H and O–H groups in total. The molecule has 0 saturated carbocycles. The van der Waals surface area contributed by atoms with Gasteiger partial charge in [0.25, 0.3) is 0 Å². The highest BCUT2D eigenvalue weighted by Crippen LogP contribution is 2.38. The second kappa shape index (κ2) is 6.99. The monoisotopic (exact) mass is 351 g/mol. The number of carbonyl (C=O) groups is 1. The number of nitrogens with zero attached hydrogens (tertiary/aromatic N) is 2. The summed E-state index contributed by atoms with van der Waals surface area (Å²) in [7, 11) is 0. The number of nitriles is 1. The van der Waals surface area contributed by atoms with Crippen molar-refractivity contribution in [3.63, 3.8) is 0 Å². The summed E-state index contributed by atoms with van der Waals surface area (Å²) in [4.78, 5) is 16.1. The molecule has 1 aliphatic carbocycles. The molecule has 25 heavy (non-hydrogen) atoms. The first-order valence-corrected chi connectivity index (χ1v) is 9.71. The summed E-state index contributed by atoms with van der Waals surface area (Å²) in [5, 5.41) is 13.2. The van der Waals surface area contributed by atoms with Crippen LogP contribution < -0.4 is 5.32 Å². The number of hydrogen-bond donors (Lipinski definition) is 1. The van der Waals surface area contributed by atoms with E-state index in [1.807, 2.05) is 6.07 Å². The van der Waals surface area contributed by atoms with Crippen LogP contribution in [-0.4, -0.2) is 23.9 Å². The van der Waals surface area contributed by atoms with Gasteiger partial charge in [0, 0.05) is 10.9 Å². The molecule has 0 radical (unpaired) electrons. The second-order valence-electron chi connectivity index (χ2n) is 6.76. The molecule has 4 rings (SSSR count). The predicted octanol–water partition coefficient (Wildman–Crippen LogP) is 3.88. The number of anilines is 1. The van der Waals surface area contributed by atoms with Crippen molar-refractivity contribution in [2.45, 2.75) is 38.1 Å². The van der Waals surface area contributed by atoms with Crippen molar-refractivity contribution >= 4 is 22.2 Å². The number of nitrogens with one attached hydrogen (secondary N) is 1. The Hall–Kier alpha value is -2.16. The van der Waals surface area contributed by atoms with Crippen LogP contribution in [0.2, 0.25) is 0 Å². The normalized spacial score (nSPS) is 19.6. The Bertz CT molecular complexity index is 821. The third kappa shape index (κ3) is 3.20. The van der Waals surface area contributed by atoms with Gasteiger partial charge in [-0.25, -0.2) is 0 Å². The molecule has 1 saturated heterocycles. The lowest BCUT2D eigenvalue weighted by atomic mass is 10.0. The minimum atomic E-state index is -0.0146. The van der Waals surface area contributed by atoms with E-state index in [4.69, 9.17) is 0 Å². The van der Waals surface area contributed by atoms with E-state index in [0.29, 0.717) is 18.2 Å². The fourth-order valence-electron chi connectivity index (χ4n) is 4.03. The first-order chi connectivity index (χ1) is 12.3. The highest BCUT2D eigenvalue weighted by atomic mass is 32.1. The van der Waals surface area contributed by atoms with Crippen LogP contribution in [0, 0.1) is 11.3 Å². The molecule has 5 heteroatoms. The molecule has 0 spiro atoms. The first kappa shape index (κ1) is 16.3. The maximum atomic E-state index is 12.6. The smallest absolute Gasteiger partial charge is 0.239 e. The van der Waals surface area contributed by atoms with E-state index in [1.165, 1.54) is 10.4 Å². The molecular weight excluding hydrogens is 330 g/mol. The summed E-state index contributed by atoms with van der Waals surface area (Å²) in [6.07, 6.45) is 5.33. The SMILES string of the molecule is N#Cc1c(NC(=O)CN2CCCC2c2ccccc2)sc2c1CCC2. The van der Waals surface area contributed by atoms with Crippen LogP contribution in [0.15, 0.2) is 30.3 Å². The van der Waals surface area contributed by atoms with Crippen LogP contribution in [0.1, 0.15) is 46.9 Å². The van der Waals surface area contributed by atoms with Crippen LogP contribution in [0.5, 0.6) is 0 Å². The number of fused-ring (bicyclic) bond motifs is 1. The number of rotatable bonds is 4. The van der Waals surface area contributed by atoms with Crippen molar-refractivity contribution in [3.8, 4) is 6.07 Å². The average molecular weight is 351 g/mol. The standard InChI is InChI=1S/C20H21N3OS/c21-12-16-15-8-4-10-18(15)25-20(16)22-19(24)13-23-11-5-9-17(23)14-6-2-1-3-7-14/h1-3,6-7,17H,4-5,8-11,13H2,(H,22,24). The molecule has 1 atom stereocenters. The number of carbonyl (C=O) groups excluding carboxylic acids is 1. The molecule has 1 aromatic heterocycles. The molecule has 1 unspecified atom stereocenters. The van der Waals surface area contributed by atoms with E-state index in [9.17, 15) is 10.1 Å². The zero-order valence-electron chi connectivity index (χ0n) is 14.1. The zero-order chi connectivity index (χ0) is 17.2.